The first-order chi connectivity index (χ1) is 17.0. The fourth-order valence-electron chi connectivity index (χ4n) is 3.84. The topological polar surface area (TPSA) is 77.5 Å². The van der Waals surface area contributed by atoms with Crippen LogP contribution in [0.2, 0.25) is 0 Å². The molecule has 1 N–H and O–H groups in total. The molecule has 0 spiro atoms. The van der Waals surface area contributed by atoms with Crippen molar-refractivity contribution in [2.45, 2.75) is 52.3 Å². The minimum absolute atomic E-state index is 0.191. The molecule has 35 heavy (non-hydrogen) atoms. The molecule has 184 valence electrons. The van der Waals surface area contributed by atoms with E-state index in [1.807, 2.05) is 80.6 Å². The largest absolute Gasteiger partial charge is 0.465 e. The Bertz CT molecular complexity index is 1050. The summed E-state index contributed by atoms with van der Waals surface area (Å²) >= 11 is 0. The second kappa shape index (κ2) is 13.4. The quantitative estimate of drug-likeness (QED) is 0.374. The van der Waals surface area contributed by atoms with Gasteiger partial charge in [-0.05, 0) is 60.1 Å². The van der Waals surface area contributed by atoms with E-state index < -0.39 is 12.1 Å². The lowest BCUT2D eigenvalue weighted by molar-refractivity contribution is -0.150. The number of benzene rings is 2. The first-order valence-electron chi connectivity index (χ1n) is 12.1. The Balaban J connectivity index is 1.72. The Morgan fingerprint density at radius 1 is 0.800 bits per heavy atom. The van der Waals surface area contributed by atoms with Crippen LogP contribution >= 0.6 is 0 Å². The zero-order valence-electron chi connectivity index (χ0n) is 20.6. The van der Waals surface area contributed by atoms with Crippen LogP contribution in [0.25, 0.3) is 11.1 Å². The van der Waals surface area contributed by atoms with Crippen LogP contribution in [0, 0.1) is 5.92 Å². The summed E-state index contributed by atoms with van der Waals surface area (Å²) in [7, 11) is 0. The number of carbonyl (C=O) groups excluding carboxylic acids is 2. The van der Waals surface area contributed by atoms with E-state index in [4.69, 9.17) is 9.47 Å². The van der Waals surface area contributed by atoms with Crippen molar-refractivity contribution in [1.82, 2.24) is 10.3 Å². The normalized spacial score (nSPS) is 12.7. The van der Waals surface area contributed by atoms with Gasteiger partial charge in [0.1, 0.15) is 18.7 Å². The van der Waals surface area contributed by atoms with Gasteiger partial charge in [0.15, 0.2) is 0 Å². The monoisotopic (exact) mass is 474 g/mol. The van der Waals surface area contributed by atoms with Gasteiger partial charge < -0.3 is 9.47 Å². The number of esters is 2. The van der Waals surface area contributed by atoms with Crippen molar-refractivity contribution < 1.29 is 19.1 Å². The van der Waals surface area contributed by atoms with E-state index in [-0.39, 0.29) is 31.1 Å². The van der Waals surface area contributed by atoms with Crippen molar-refractivity contribution >= 4 is 11.9 Å². The number of nitrogens with one attached hydrogen (secondary N) is 1. The highest BCUT2D eigenvalue weighted by Gasteiger charge is 2.29. The zero-order chi connectivity index (χ0) is 25.0. The van der Waals surface area contributed by atoms with E-state index in [1.165, 1.54) is 0 Å². The molecule has 0 radical (unpaired) electrons. The van der Waals surface area contributed by atoms with Crippen molar-refractivity contribution in [3.8, 4) is 11.1 Å². The summed E-state index contributed by atoms with van der Waals surface area (Å²) in [5.74, 6) is -0.514. The van der Waals surface area contributed by atoms with E-state index in [1.54, 1.807) is 19.3 Å². The highest BCUT2D eigenvalue weighted by Crippen LogP contribution is 2.20. The highest BCUT2D eigenvalue weighted by molar-refractivity contribution is 5.80. The number of hydrogen-bond donors (Lipinski definition) is 1. The van der Waals surface area contributed by atoms with Crippen LogP contribution in [0.3, 0.4) is 0 Å². The molecule has 6 heteroatoms. The summed E-state index contributed by atoms with van der Waals surface area (Å²) in [5.41, 5.74) is 4.03. The van der Waals surface area contributed by atoms with E-state index in [9.17, 15) is 9.59 Å². The number of carbonyl (C=O) groups is 2. The van der Waals surface area contributed by atoms with Gasteiger partial charge in [-0.15, -0.1) is 0 Å². The highest BCUT2D eigenvalue weighted by atomic mass is 16.5. The summed E-state index contributed by atoms with van der Waals surface area (Å²) in [5, 5.41) is 3.24. The van der Waals surface area contributed by atoms with Crippen LogP contribution in [0.4, 0.5) is 0 Å². The van der Waals surface area contributed by atoms with E-state index in [0.717, 1.165) is 22.3 Å². The van der Waals surface area contributed by atoms with Gasteiger partial charge in [-0.3, -0.25) is 19.9 Å². The number of hydrogen-bond acceptors (Lipinski definition) is 6. The molecule has 2 unspecified atom stereocenters. The van der Waals surface area contributed by atoms with Crippen molar-refractivity contribution in [2.75, 3.05) is 6.61 Å². The maximum absolute atomic E-state index is 13.0. The lowest BCUT2D eigenvalue weighted by Crippen LogP contribution is -2.50. The van der Waals surface area contributed by atoms with Gasteiger partial charge in [-0.1, -0.05) is 68.4 Å². The second-order valence-electron chi connectivity index (χ2n) is 8.88. The third kappa shape index (κ3) is 8.34. The molecular weight excluding hydrogens is 440 g/mol. The fraction of sp³-hybridized carbons (Fsp3) is 0.345. The molecule has 0 amide bonds. The van der Waals surface area contributed by atoms with Crippen molar-refractivity contribution in [1.29, 1.82) is 0 Å². The zero-order valence-corrected chi connectivity index (χ0v) is 20.6. The van der Waals surface area contributed by atoms with Gasteiger partial charge in [-0.25, -0.2) is 0 Å². The molecule has 6 nitrogen and oxygen atoms in total. The molecular formula is C29H34N2O4. The van der Waals surface area contributed by atoms with Gasteiger partial charge in [0.2, 0.25) is 0 Å². The van der Waals surface area contributed by atoms with Crippen LogP contribution in [0.15, 0.2) is 79.1 Å². The van der Waals surface area contributed by atoms with Crippen LogP contribution in [-0.2, 0) is 32.1 Å². The van der Waals surface area contributed by atoms with E-state index in [0.29, 0.717) is 12.8 Å². The van der Waals surface area contributed by atoms with Crippen molar-refractivity contribution in [3.63, 3.8) is 0 Å². The Labute approximate surface area is 207 Å². The van der Waals surface area contributed by atoms with Crippen molar-refractivity contribution in [2.24, 2.45) is 5.92 Å². The molecule has 2 atom stereocenters. The van der Waals surface area contributed by atoms with E-state index in [2.05, 4.69) is 10.3 Å². The second-order valence-corrected chi connectivity index (χ2v) is 8.88. The first kappa shape index (κ1) is 26.1. The van der Waals surface area contributed by atoms with Crippen LogP contribution < -0.4 is 5.32 Å². The Kier molecular flexibility index (Phi) is 9.99. The number of aromatic nitrogens is 1. The Hall–Kier alpha value is -3.51. The lowest BCUT2D eigenvalue weighted by Gasteiger charge is -2.25. The standard InChI is InChI=1S/C29H34N2O4/c1-4-34-28(32)27(19-22-10-12-24(13-11-22)25-14-16-30-17-15-25)31-26(18-21(2)3)29(33)35-20-23-8-6-5-7-9-23/h5-17,21,26-27,31H,4,18-20H2,1-3H3. The van der Waals surface area contributed by atoms with E-state index >= 15 is 0 Å². The average Bonchev–Trinajstić information content (AvgIpc) is 2.88. The molecule has 0 aliphatic carbocycles. The van der Waals surface area contributed by atoms with Gasteiger partial charge in [0.25, 0.3) is 0 Å². The molecule has 0 aliphatic heterocycles. The molecule has 0 fully saturated rings. The molecule has 1 heterocycles. The molecule has 2 aromatic carbocycles. The Morgan fingerprint density at radius 2 is 1.43 bits per heavy atom. The molecule has 0 saturated carbocycles. The van der Waals surface area contributed by atoms with Crippen molar-refractivity contribution in [3.05, 3.63) is 90.3 Å². The summed E-state index contributed by atoms with van der Waals surface area (Å²) in [4.78, 5) is 29.9. The maximum Gasteiger partial charge on any atom is 0.323 e. The summed E-state index contributed by atoms with van der Waals surface area (Å²) in [6.07, 6.45) is 4.46. The molecule has 0 bridgehead atoms. The summed E-state index contributed by atoms with van der Waals surface area (Å²) in [6.45, 7) is 6.31. The molecule has 0 saturated heterocycles. The van der Waals surface area contributed by atoms with Gasteiger partial charge in [-0.2, -0.15) is 0 Å². The SMILES string of the molecule is CCOC(=O)C(Cc1ccc(-c2ccncc2)cc1)NC(CC(C)C)C(=O)OCc1ccccc1. The third-order valence-corrected chi connectivity index (χ3v) is 5.60. The average molecular weight is 475 g/mol. The number of ether oxygens (including phenoxy) is 2. The predicted molar refractivity (Wildman–Crippen MR) is 136 cm³/mol. The Morgan fingerprint density at radius 3 is 2.06 bits per heavy atom. The van der Waals surface area contributed by atoms with Gasteiger partial charge in [0.05, 0.1) is 6.61 Å². The van der Waals surface area contributed by atoms with Crippen LogP contribution in [0.5, 0.6) is 0 Å². The molecule has 0 aliphatic rings. The first-order valence-corrected chi connectivity index (χ1v) is 12.1. The lowest BCUT2D eigenvalue weighted by atomic mass is 9.99. The molecule has 1 aromatic heterocycles. The number of nitrogens with zero attached hydrogens (tertiary/aromatic N) is 1. The maximum atomic E-state index is 13.0. The fourth-order valence-corrected chi connectivity index (χ4v) is 3.84. The van der Waals surface area contributed by atoms with Gasteiger partial charge >= 0.3 is 11.9 Å². The molecule has 3 aromatic rings. The predicted octanol–water partition coefficient (Wildman–Crippen LogP) is 4.97. The van der Waals surface area contributed by atoms with Crippen LogP contribution in [0.1, 0.15) is 38.3 Å². The number of rotatable bonds is 12. The third-order valence-electron chi connectivity index (χ3n) is 5.60. The summed E-state index contributed by atoms with van der Waals surface area (Å²) < 4.78 is 10.9. The minimum Gasteiger partial charge on any atom is -0.465 e. The minimum atomic E-state index is -0.672. The smallest absolute Gasteiger partial charge is 0.323 e. The molecule has 3 rings (SSSR count). The number of pyridine rings is 1. The van der Waals surface area contributed by atoms with Gasteiger partial charge in [0, 0.05) is 12.4 Å². The summed E-state index contributed by atoms with van der Waals surface area (Å²) in [6, 6.07) is 20.2. The van der Waals surface area contributed by atoms with Crippen LogP contribution in [-0.4, -0.2) is 35.6 Å².